The fraction of sp³-hybridized carbons (Fsp3) is 0.257. The van der Waals surface area contributed by atoms with Gasteiger partial charge in [0.2, 0.25) is 0 Å². The summed E-state index contributed by atoms with van der Waals surface area (Å²) < 4.78 is 0. The molecule has 0 spiro atoms. The van der Waals surface area contributed by atoms with Crippen LogP contribution in [0.15, 0.2) is 97.1 Å². The molecule has 2 heteroatoms. The Morgan fingerprint density at radius 1 is 0.459 bits per heavy atom. The van der Waals surface area contributed by atoms with Gasteiger partial charge >= 0.3 is 0 Å². The SMILES string of the molecule is N#CC1(CCCC2(C#N)c3ccccc3CCc3ccccc32)c2ccccc2CCc2ccccc21. The van der Waals surface area contributed by atoms with Crippen LogP contribution in [-0.2, 0) is 36.5 Å². The molecule has 0 atom stereocenters. The van der Waals surface area contributed by atoms with Crippen LogP contribution in [0.2, 0.25) is 0 Å². The smallest absolute Gasteiger partial charge is 0.108 e. The number of hydrogen-bond acceptors (Lipinski definition) is 2. The van der Waals surface area contributed by atoms with Crippen molar-refractivity contribution in [2.45, 2.75) is 55.8 Å². The number of nitriles is 2. The molecule has 2 nitrogen and oxygen atoms in total. The summed E-state index contributed by atoms with van der Waals surface area (Å²) in [7, 11) is 0. The van der Waals surface area contributed by atoms with E-state index in [1.807, 2.05) is 0 Å². The lowest BCUT2D eigenvalue weighted by atomic mass is 9.66. The Kier molecular flexibility index (Phi) is 5.90. The zero-order chi connectivity index (χ0) is 25.3. The summed E-state index contributed by atoms with van der Waals surface area (Å²) in [6.45, 7) is 0. The Bertz CT molecular complexity index is 1340. The molecule has 4 aromatic carbocycles. The highest BCUT2D eigenvalue weighted by molar-refractivity contribution is 5.56. The summed E-state index contributed by atoms with van der Waals surface area (Å²) in [5, 5.41) is 21.7. The van der Waals surface area contributed by atoms with Gasteiger partial charge in [0, 0.05) is 0 Å². The van der Waals surface area contributed by atoms with E-state index in [-0.39, 0.29) is 0 Å². The summed E-state index contributed by atoms with van der Waals surface area (Å²) in [5.41, 5.74) is 8.16. The molecule has 0 bridgehead atoms. The summed E-state index contributed by atoms with van der Waals surface area (Å²) in [4.78, 5) is 0. The van der Waals surface area contributed by atoms with Gasteiger partial charge in [-0.2, -0.15) is 10.5 Å². The predicted molar refractivity (Wildman–Crippen MR) is 147 cm³/mol. The van der Waals surface area contributed by atoms with Crippen LogP contribution >= 0.6 is 0 Å². The third-order valence-corrected chi connectivity index (χ3v) is 8.72. The van der Waals surface area contributed by atoms with E-state index >= 15 is 0 Å². The van der Waals surface area contributed by atoms with Crippen molar-refractivity contribution in [3.05, 3.63) is 142 Å². The van der Waals surface area contributed by atoms with E-state index in [0.29, 0.717) is 12.8 Å². The van der Waals surface area contributed by atoms with Gasteiger partial charge in [0.1, 0.15) is 10.8 Å². The number of fused-ring (bicyclic) bond motifs is 4. The Morgan fingerprint density at radius 2 is 0.730 bits per heavy atom. The van der Waals surface area contributed by atoms with E-state index in [9.17, 15) is 10.5 Å². The Labute approximate surface area is 219 Å². The van der Waals surface area contributed by atoms with Crippen LogP contribution in [0.4, 0.5) is 0 Å². The monoisotopic (exact) mass is 478 g/mol. The molecule has 180 valence electrons. The molecule has 0 aromatic heterocycles. The van der Waals surface area contributed by atoms with E-state index in [1.54, 1.807) is 0 Å². The number of hydrogen-bond donors (Lipinski definition) is 0. The molecule has 0 amide bonds. The van der Waals surface area contributed by atoms with Crippen molar-refractivity contribution in [1.29, 1.82) is 10.5 Å². The van der Waals surface area contributed by atoms with Gasteiger partial charge in [0.25, 0.3) is 0 Å². The van der Waals surface area contributed by atoms with Crippen molar-refractivity contribution >= 4 is 0 Å². The molecule has 2 aliphatic rings. The first-order valence-electron chi connectivity index (χ1n) is 13.4. The summed E-state index contributed by atoms with van der Waals surface area (Å²) in [6.07, 6.45) is 5.92. The standard InChI is InChI=1S/C35H30N2/c36-24-34(30-14-5-1-10-26(30)18-19-27-11-2-6-15-31(27)34)22-9-23-35(25-37)32-16-7-3-12-28(32)20-21-29-13-4-8-17-33(29)35/h1-8,10-17H,9,18-23H2. The number of aryl methyl sites for hydroxylation is 4. The van der Waals surface area contributed by atoms with E-state index in [0.717, 1.165) is 54.4 Å². The average Bonchev–Trinajstić information content (AvgIpc) is 3.19. The van der Waals surface area contributed by atoms with Crippen molar-refractivity contribution in [3.8, 4) is 12.1 Å². The first kappa shape index (κ1) is 23.3. The predicted octanol–water partition coefficient (Wildman–Crippen LogP) is 7.37. The average molecular weight is 479 g/mol. The third kappa shape index (κ3) is 3.68. The first-order chi connectivity index (χ1) is 18.2. The van der Waals surface area contributed by atoms with Crippen LogP contribution in [0.3, 0.4) is 0 Å². The Balaban J connectivity index is 1.45. The van der Waals surface area contributed by atoms with E-state index in [4.69, 9.17) is 0 Å². The molecule has 0 fully saturated rings. The highest BCUT2D eigenvalue weighted by Gasteiger charge is 2.43. The molecule has 0 heterocycles. The molecule has 0 unspecified atom stereocenters. The van der Waals surface area contributed by atoms with E-state index < -0.39 is 10.8 Å². The molecule has 0 saturated heterocycles. The van der Waals surface area contributed by atoms with Crippen LogP contribution in [0.25, 0.3) is 0 Å². The summed E-state index contributed by atoms with van der Waals surface area (Å²) in [5.74, 6) is 0. The largest absolute Gasteiger partial charge is 0.197 e. The van der Waals surface area contributed by atoms with Crippen molar-refractivity contribution in [1.82, 2.24) is 0 Å². The van der Waals surface area contributed by atoms with Gasteiger partial charge in [0.05, 0.1) is 12.1 Å². The van der Waals surface area contributed by atoms with Crippen LogP contribution < -0.4 is 0 Å². The van der Waals surface area contributed by atoms with Crippen molar-refractivity contribution in [2.75, 3.05) is 0 Å². The molecule has 37 heavy (non-hydrogen) atoms. The molecule has 0 saturated carbocycles. The van der Waals surface area contributed by atoms with Crippen molar-refractivity contribution < 1.29 is 0 Å². The van der Waals surface area contributed by atoms with Gasteiger partial charge in [0.15, 0.2) is 0 Å². The third-order valence-electron chi connectivity index (χ3n) is 8.72. The van der Waals surface area contributed by atoms with E-state index in [2.05, 4.69) is 109 Å². The Hall–Kier alpha value is -4.14. The normalized spacial score (nSPS) is 16.4. The molecular formula is C35H30N2. The van der Waals surface area contributed by atoms with Gasteiger partial charge < -0.3 is 0 Å². The maximum absolute atomic E-state index is 10.9. The number of nitrogens with zero attached hydrogens (tertiary/aromatic N) is 2. The minimum Gasteiger partial charge on any atom is -0.197 e. The van der Waals surface area contributed by atoms with Crippen LogP contribution in [0.5, 0.6) is 0 Å². The molecule has 4 aromatic rings. The zero-order valence-corrected chi connectivity index (χ0v) is 21.1. The minimum absolute atomic E-state index is 0.686. The van der Waals surface area contributed by atoms with Crippen molar-refractivity contribution in [3.63, 3.8) is 0 Å². The zero-order valence-electron chi connectivity index (χ0n) is 21.1. The molecule has 0 N–H and O–H groups in total. The lowest BCUT2D eigenvalue weighted by molar-refractivity contribution is 0.485. The van der Waals surface area contributed by atoms with Crippen LogP contribution in [0.1, 0.15) is 63.8 Å². The van der Waals surface area contributed by atoms with Crippen LogP contribution in [-0.4, -0.2) is 0 Å². The van der Waals surface area contributed by atoms with Gasteiger partial charge in [-0.15, -0.1) is 0 Å². The molecule has 6 rings (SSSR count). The second-order valence-corrected chi connectivity index (χ2v) is 10.5. The fourth-order valence-electron chi connectivity index (χ4n) is 6.96. The topological polar surface area (TPSA) is 47.6 Å². The molecule has 0 aliphatic heterocycles. The maximum Gasteiger partial charge on any atom is 0.108 e. The second-order valence-electron chi connectivity index (χ2n) is 10.5. The molecule has 2 aliphatic carbocycles. The lowest BCUT2D eigenvalue weighted by Crippen LogP contribution is -2.31. The number of rotatable bonds is 4. The van der Waals surface area contributed by atoms with Crippen molar-refractivity contribution in [2.24, 2.45) is 0 Å². The van der Waals surface area contributed by atoms with Crippen LogP contribution in [0, 0.1) is 22.7 Å². The van der Waals surface area contributed by atoms with Gasteiger partial charge in [-0.1, -0.05) is 97.1 Å². The van der Waals surface area contributed by atoms with Gasteiger partial charge in [-0.05, 0) is 89.5 Å². The highest BCUT2D eigenvalue weighted by Crippen LogP contribution is 2.47. The summed E-state index contributed by atoms with van der Waals surface area (Å²) in [6, 6.07) is 39.5. The summed E-state index contributed by atoms with van der Waals surface area (Å²) >= 11 is 0. The van der Waals surface area contributed by atoms with Gasteiger partial charge in [-0.25, -0.2) is 0 Å². The first-order valence-corrected chi connectivity index (χ1v) is 13.4. The molecular weight excluding hydrogens is 448 g/mol. The van der Waals surface area contributed by atoms with Gasteiger partial charge in [-0.3, -0.25) is 0 Å². The lowest BCUT2D eigenvalue weighted by Gasteiger charge is -2.33. The fourth-order valence-corrected chi connectivity index (χ4v) is 6.96. The highest BCUT2D eigenvalue weighted by atomic mass is 14.5. The number of benzene rings is 4. The van der Waals surface area contributed by atoms with E-state index in [1.165, 1.54) is 22.3 Å². The Morgan fingerprint density at radius 3 is 1.00 bits per heavy atom. The molecule has 0 radical (unpaired) electrons. The quantitative estimate of drug-likeness (QED) is 0.307. The second kappa shape index (κ2) is 9.38. The minimum atomic E-state index is -0.718. The maximum atomic E-state index is 10.9.